The van der Waals surface area contributed by atoms with Crippen molar-refractivity contribution in [2.75, 3.05) is 25.2 Å². The standard InChI is InChI=1S/C37H48N8O10P2S2Si/c1-20-27-24(51-35(20)44-15-14-23-30(38-18-39-31(23)44)43-33(46)22-12-10-9-11-13-22)17-50-57(48,59)54-29-28(55-60(7,8)37(3,4)5)25(16-49-56(6,58)53-27)52-36(29)45-19-40-26-32(45)41-21(2)42-34(26)47/h9-15,18-20,24-25,27-29,35-36H,16-17H2,1-8H3,(H,48,59)(H,41,42,47)(H,38,39,43,46)/t20?,24-,25-,27-,28+,29?,35-,36-,56?,57?/m1/s1. The fourth-order valence-electron chi connectivity index (χ4n) is 7.42. The number of carbonyl (C=O) groups is 1. The summed E-state index contributed by atoms with van der Waals surface area (Å²) in [7, 11) is -2.57. The van der Waals surface area contributed by atoms with E-state index in [0.29, 0.717) is 28.2 Å². The van der Waals surface area contributed by atoms with Crippen molar-refractivity contribution < 1.29 is 41.7 Å². The van der Waals surface area contributed by atoms with Crippen LogP contribution in [0.25, 0.3) is 22.2 Å². The van der Waals surface area contributed by atoms with Gasteiger partial charge in [-0.15, -0.1) is 0 Å². The molecule has 7 heterocycles. The summed E-state index contributed by atoms with van der Waals surface area (Å²) >= 11 is 11.8. The molecule has 23 heteroatoms. The zero-order chi connectivity index (χ0) is 42.9. The van der Waals surface area contributed by atoms with E-state index in [-0.39, 0.29) is 41.2 Å². The first-order valence-electron chi connectivity index (χ1n) is 19.4. The Morgan fingerprint density at radius 3 is 2.43 bits per heavy atom. The monoisotopic (exact) mass is 918 g/mol. The number of ether oxygens (including phenoxy) is 2. The van der Waals surface area contributed by atoms with E-state index in [2.05, 4.69) is 64.1 Å². The molecule has 4 unspecified atom stereocenters. The quantitative estimate of drug-likeness (QED) is 0.133. The van der Waals surface area contributed by atoms with Gasteiger partial charge in [0.25, 0.3) is 11.5 Å². The summed E-state index contributed by atoms with van der Waals surface area (Å²) in [5, 5.41) is 3.26. The predicted molar refractivity (Wildman–Crippen MR) is 232 cm³/mol. The minimum atomic E-state index is -4.12. The Morgan fingerprint density at radius 2 is 1.70 bits per heavy atom. The molecule has 1 aromatic carbocycles. The second kappa shape index (κ2) is 16.2. The molecule has 0 aliphatic carbocycles. The molecule has 3 aliphatic heterocycles. The number of rotatable bonds is 6. The molecule has 3 N–H and O–H groups in total. The molecule has 3 aliphatic rings. The molecule has 4 aromatic heterocycles. The summed E-state index contributed by atoms with van der Waals surface area (Å²) in [4.78, 5) is 58.3. The average molecular weight is 919 g/mol. The topological polar surface area (TPSA) is 208 Å². The maximum atomic E-state index is 13.0. The van der Waals surface area contributed by atoms with Crippen molar-refractivity contribution >= 4 is 79.1 Å². The molecule has 322 valence electrons. The van der Waals surface area contributed by atoms with E-state index in [1.165, 1.54) is 12.7 Å². The molecule has 5 aromatic rings. The van der Waals surface area contributed by atoms with Gasteiger partial charge in [0.05, 0.1) is 24.9 Å². The highest BCUT2D eigenvalue weighted by molar-refractivity contribution is 8.09. The molecule has 18 nitrogen and oxygen atoms in total. The largest absolute Gasteiger partial charge is 0.408 e. The van der Waals surface area contributed by atoms with Gasteiger partial charge < -0.3 is 47.2 Å². The van der Waals surface area contributed by atoms with Crippen molar-refractivity contribution in [3.8, 4) is 0 Å². The van der Waals surface area contributed by atoms with Crippen molar-refractivity contribution in [2.45, 2.75) is 95.7 Å². The van der Waals surface area contributed by atoms with E-state index in [0.717, 1.165) is 0 Å². The van der Waals surface area contributed by atoms with Gasteiger partial charge in [-0.1, -0.05) is 45.9 Å². The number of carbonyl (C=O) groups excluding carboxylic acids is 1. The normalized spacial score (nSPS) is 31.7. The number of anilines is 1. The Morgan fingerprint density at radius 1 is 0.983 bits per heavy atom. The van der Waals surface area contributed by atoms with Crippen LogP contribution in [-0.4, -0.2) is 104 Å². The first kappa shape index (κ1) is 43.5. The van der Waals surface area contributed by atoms with Crippen LogP contribution in [0.5, 0.6) is 0 Å². The number of H-pyrrole nitrogens is 1. The lowest BCUT2D eigenvalue weighted by atomic mass is 10.0. The summed E-state index contributed by atoms with van der Waals surface area (Å²) < 4.78 is 49.6. The van der Waals surface area contributed by atoms with Crippen LogP contribution in [0.15, 0.2) is 60.0 Å². The zero-order valence-corrected chi connectivity index (χ0v) is 38.7. The van der Waals surface area contributed by atoms with E-state index in [1.54, 1.807) is 54.7 Å². The van der Waals surface area contributed by atoms with Crippen LogP contribution in [-0.2, 0) is 55.6 Å². The number of aryl methyl sites for hydroxylation is 1. The van der Waals surface area contributed by atoms with Crippen LogP contribution in [0.2, 0.25) is 18.1 Å². The van der Waals surface area contributed by atoms with Crippen LogP contribution < -0.4 is 10.9 Å². The van der Waals surface area contributed by atoms with Gasteiger partial charge in [-0.25, -0.2) is 19.9 Å². The van der Waals surface area contributed by atoms with Crippen molar-refractivity contribution in [1.82, 2.24) is 34.1 Å². The molecule has 0 saturated carbocycles. The molecule has 1 amide bonds. The molecule has 0 spiro atoms. The third-order valence-electron chi connectivity index (χ3n) is 11.5. The van der Waals surface area contributed by atoms with Crippen molar-refractivity contribution in [1.29, 1.82) is 0 Å². The first-order chi connectivity index (χ1) is 28.2. The first-order valence-corrected chi connectivity index (χ1v) is 28.0. The smallest absolute Gasteiger partial charge is 0.325 e. The molecule has 3 fully saturated rings. The van der Waals surface area contributed by atoms with Crippen molar-refractivity contribution in [2.24, 2.45) is 5.92 Å². The molecule has 2 bridgehead atoms. The van der Waals surface area contributed by atoms with Crippen LogP contribution in [0.3, 0.4) is 0 Å². The van der Waals surface area contributed by atoms with Crippen LogP contribution in [0.4, 0.5) is 5.82 Å². The van der Waals surface area contributed by atoms with E-state index in [4.69, 9.17) is 55.6 Å². The SMILES string of the molecule is Cc1nc2c(ncn2[C@@H]2O[C@@H]3COP(C)(=S)O[C@@H]4C(C)[C@H](n5ccc6c(NC(=O)c7ccccc7)ncnc65)O[C@@H]4COP(O)(=S)OC2[C@H]3O[Si](C)(C)C(C)(C)C)c(=O)[nH]1. The number of nitrogens with one attached hydrogen (secondary N) is 2. The Bertz CT molecular complexity index is 2590. The van der Waals surface area contributed by atoms with E-state index in [1.807, 2.05) is 17.6 Å². The van der Waals surface area contributed by atoms with Gasteiger partial charge in [-0.05, 0) is 66.9 Å². The number of hydrogen-bond donors (Lipinski definition) is 3. The predicted octanol–water partition coefficient (Wildman–Crippen LogP) is 5.92. The maximum absolute atomic E-state index is 13.0. The number of imidazole rings is 1. The Balaban J connectivity index is 1.12. The summed E-state index contributed by atoms with van der Waals surface area (Å²) in [6.07, 6.45) is -1.28. The third-order valence-corrected chi connectivity index (χ3v) is 19.3. The highest BCUT2D eigenvalue weighted by Crippen LogP contribution is 2.56. The van der Waals surface area contributed by atoms with Gasteiger partial charge >= 0.3 is 6.72 Å². The summed E-state index contributed by atoms with van der Waals surface area (Å²) in [5.41, 5.74) is 0.915. The molecule has 0 radical (unpaired) electrons. The number of aromatic amines is 1. The van der Waals surface area contributed by atoms with Gasteiger partial charge in [0.2, 0.25) is 0 Å². The lowest BCUT2D eigenvalue weighted by Gasteiger charge is -2.41. The minimum absolute atomic E-state index is 0.0645. The number of fused-ring (bicyclic) bond motifs is 5. The minimum Gasteiger partial charge on any atom is -0.408 e. The Labute approximate surface area is 357 Å². The Hall–Kier alpha value is -3.14. The van der Waals surface area contributed by atoms with Gasteiger partial charge in [0, 0.05) is 24.3 Å². The van der Waals surface area contributed by atoms with E-state index < -0.39 is 70.1 Å². The molecule has 3 saturated heterocycles. The van der Waals surface area contributed by atoms with Crippen molar-refractivity contribution in [3.05, 3.63) is 77.0 Å². The van der Waals surface area contributed by atoms with E-state index >= 15 is 0 Å². The number of amides is 1. The highest BCUT2D eigenvalue weighted by Gasteiger charge is 2.55. The van der Waals surface area contributed by atoms with Crippen LogP contribution in [0, 0.1) is 12.8 Å². The summed E-state index contributed by atoms with van der Waals surface area (Å²) in [5.74, 6) is 0.0324. The number of hydrogen-bond acceptors (Lipinski definition) is 15. The third kappa shape index (κ3) is 8.50. The average Bonchev–Trinajstić information content (AvgIpc) is 3.94. The van der Waals surface area contributed by atoms with Crippen molar-refractivity contribution in [3.63, 3.8) is 0 Å². The Kier molecular flexibility index (Phi) is 11.7. The fourth-order valence-corrected chi connectivity index (χ4v) is 11.9. The van der Waals surface area contributed by atoms with E-state index in [9.17, 15) is 14.5 Å². The van der Waals surface area contributed by atoms with Crippen LogP contribution >= 0.6 is 13.2 Å². The van der Waals surface area contributed by atoms with Gasteiger partial charge in [-0.3, -0.25) is 18.7 Å². The maximum Gasteiger partial charge on any atom is 0.325 e. The molecule has 10 atom stereocenters. The second-order valence-corrected chi connectivity index (χ2v) is 28.3. The number of aromatic nitrogens is 7. The number of nitrogens with zero attached hydrogens (tertiary/aromatic N) is 6. The molecular weight excluding hydrogens is 871 g/mol. The molecular formula is C37H48N8O10P2S2Si. The fraction of sp³-hybridized carbons (Fsp3) is 0.514. The van der Waals surface area contributed by atoms with Gasteiger partial charge in [0.15, 0.2) is 32.2 Å². The summed E-state index contributed by atoms with van der Waals surface area (Å²) in [6.45, 7) is 8.37. The number of benzene rings is 1. The lowest BCUT2D eigenvalue weighted by Crippen LogP contribution is -2.50. The van der Waals surface area contributed by atoms with Crippen LogP contribution in [0.1, 0.15) is 56.3 Å². The van der Waals surface area contributed by atoms with Gasteiger partial charge in [-0.2, -0.15) is 0 Å². The summed E-state index contributed by atoms with van der Waals surface area (Å²) in [6, 6.07) is 10.6. The lowest BCUT2D eigenvalue weighted by molar-refractivity contribution is -0.0573. The highest BCUT2D eigenvalue weighted by atomic mass is 32.5. The molecule has 8 rings (SSSR count). The van der Waals surface area contributed by atoms with Gasteiger partial charge in [0.1, 0.15) is 60.4 Å². The second-order valence-electron chi connectivity index (χ2n) is 16.8. The zero-order valence-electron chi connectivity index (χ0n) is 34.2. The molecule has 60 heavy (non-hydrogen) atoms.